The second-order valence-corrected chi connectivity index (χ2v) is 8.25. The quantitative estimate of drug-likeness (QED) is 0.287. The number of aromatic carboxylic acids is 1. The first-order chi connectivity index (χ1) is 18.3. The zero-order valence-electron chi connectivity index (χ0n) is 19.5. The van der Waals surface area contributed by atoms with E-state index in [-0.39, 0.29) is 48.2 Å². The van der Waals surface area contributed by atoms with Gasteiger partial charge >= 0.3 is 5.97 Å². The molecule has 13 heteroatoms. The first-order valence-corrected chi connectivity index (χ1v) is 11.3. The van der Waals surface area contributed by atoms with Crippen molar-refractivity contribution in [3.8, 4) is 5.75 Å². The summed E-state index contributed by atoms with van der Waals surface area (Å²) >= 11 is 0. The Bertz CT molecular complexity index is 1620. The molecule has 2 aromatic heterocycles. The van der Waals surface area contributed by atoms with Crippen LogP contribution in [0.5, 0.6) is 5.75 Å². The van der Waals surface area contributed by atoms with Crippen LogP contribution in [-0.2, 0) is 17.9 Å². The highest BCUT2D eigenvalue weighted by Crippen LogP contribution is 2.28. The Kier molecular flexibility index (Phi) is 6.39. The van der Waals surface area contributed by atoms with Crippen LogP contribution >= 0.6 is 0 Å². The summed E-state index contributed by atoms with van der Waals surface area (Å²) in [6, 6.07) is 12.3. The number of nitrogens with zero attached hydrogens (tertiary/aromatic N) is 3. The lowest BCUT2D eigenvalue weighted by Gasteiger charge is -2.18. The fraction of sp³-hybridized carbons (Fsp3) is 0.120. The zero-order valence-corrected chi connectivity index (χ0v) is 19.5. The number of hydrogen-bond acceptors (Lipinski definition) is 7. The summed E-state index contributed by atoms with van der Waals surface area (Å²) in [4.78, 5) is 52.9. The van der Waals surface area contributed by atoms with Crippen LogP contribution in [-0.4, -0.2) is 50.0 Å². The number of hydrogen-bond donors (Lipinski definition) is 4. The SMILES string of the molecule is O=C1COc2ccc(CNC(=O)c3cc(C(=O)NCc4ccccc4C(=O)O)n4ncc(F)c4n3)cc2N1. The molecule has 0 saturated heterocycles. The van der Waals surface area contributed by atoms with Gasteiger partial charge < -0.3 is 25.8 Å². The van der Waals surface area contributed by atoms with Gasteiger partial charge in [0.1, 0.15) is 17.1 Å². The molecule has 192 valence electrons. The molecule has 0 bridgehead atoms. The number of halogens is 1. The van der Waals surface area contributed by atoms with Gasteiger partial charge in [0, 0.05) is 19.2 Å². The van der Waals surface area contributed by atoms with Gasteiger partial charge in [0.05, 0.1) is 17.4 Å². The van der Waals surface area contributed by atoms with Crippen LogP contribution in [0.25, 0.3) is 5.65 Å². The number of fused-ring (bicyclic) bond motifs is 2. The summed E-state index contributed by atoms with van der Waals surface area (Å²) in [6.07, 6.45) is 0.865. The smallest absolute Gasteiger partial charge is 0.336 e. The van der Waals surface area contributed by atoms with Crippen LogP contribution < -0.4 is 20.7 Å². The van der Waals surface area contributed by atoms with Crippen LogP contribution in [0.4, 0.5) is 10.1 Å². The number of ether oxygens (including phenoxy) is 1. The van der Waals surface area contributed by atoms with Crippen molar-refractivity contribution >= 4 is 35.0 Å². The Morgan fingerprint density at radius 1 is 1.08 bits per heavy atom. The molecule has 4 N–H and O–H groups in total. The fourth-order valence-electron chi connectivity index (χ4n) is 3.88. The van der Waals surface area contributed by atoms with Gasteiger partial charge in [-0.25, -0.2) is 18.7 Å². The maximum absolute atomic E-state index is 14.3. The largest absolute Gasteiger partial charge is 0.482 e. The van der Waals surface area contributed by atoms with E-state index < -0.39 is 23.6 Å². The zero-order chi connectivity index (χ0) is 26.8. The van der Waals surface area contributed by atoms with Crippen LogP contribution in [0.1, 0.15) is 42.5 Å². The highest BCUT2D eigenvalue weighted by molar-refractivity contribution is 5.98. The highest BCUT2D eigenvalue weighted by Gasteiger charge is 2.21. The molecule has 0 saturated carbocycles. The van der Waals surface area contributed by atoms with E-state index in [9.17, 15) is 28.7 Å². The Morgan fingerprint density at radius 3 is 2.68 bits per heavy atom. The second-order valence-electron chi connectivity index (χ2n) is 8.25. The molecule has 0 atom stereocenters. The highest BCUT2D eigenvalue weighted by atomic mass is 19.1. The first kappa shape index (κ1) is 24.4. The Balaban J connectivity index is 1.35. The Hall–Kier alpha value is -5.33. The molecule has 0 spiro atoms. The molecule has 12 nitrogen and oxygen atoms in total. The molecule has 1 aliphatic heterocycles. The lowest BCUT2D eigenvalue weighted by Crippen LogP contribution is -2.29. The normalized spacial score (nSPS) is 12.3. The predicted molar refractivity (Wildman–Crippen MR) is 129 cm³/mol. The molecule has 3 amide bonds. The Morgan fingerprint density at radius 2 is 1.87 bits per heavy atom. The van der Waals surface area contributed by atoms with Crippen LogP contribution in [0.2, 0.25) is 0 Å². The minimum atomic E-state index is -1.15. The van der Waals surface area contributed by atoms with Crippen LogP contribution in [0.15, 0.2) is 54.7 Å². The van der Waals surface area contributed by atoms with Crippen molar-refractivity contribution in [1.29, 1.82) is 0 Å². The van der Waals surface area contributed by atoms with E-state index in [1.165, 1.54) is 6.07 Å². The lowest BCUT2D eigenvalue weighted by molar-refractivity contribution is -0.118. The van der Waals surface area contributed by atoms with E-state index in [1.54, 1.807) is 36.4 Å². The third kappa shape index (κ3) is 4.84. The van der Waals surface area contributed by atoms with E-state index in [2.05, 4.69) is 26.0 Å². The van der Waals surface area contributed by atoms with Crippen molar-refractivity contribution < 1.29 is 33.4 Å². The van der Waals surface area contributed by atoms with Crippen molar-refractivity contribution in [2.45, 2.75) is 13.1 Å². The molecular weight excluding hydrogens is 499 g/mol. The maximum atomic E-state index is 14.3. The molecule has 0 radical (unpaired) electrons. The van der Waals surface area contributed by atoms with Gasteiger partial charge in [0.15, 0.2) is 18.1 Å². The number of benzene rings is 2. The number of carboxylic acids is 1. The van der Waals surface area contributed by atoms with E-state index >= 15 is 0 Å². The third-order valence-corrected chi connectivity index (χ3v) is 5.71. The molecule has 38 heavy (non-hydrogen) atoms. The molecule has 3 heterocycles. The monoisotopic (exact) mass is 518 g/mol. The number of amides is 3. The lowest BCUT2D eigenvalue weighted by atomic mass is 10.1. The summed E-state index contributed by atoms with van der Waals surface area (Å²) in [5.74, 6) is -3.18. The first-order valence-electron chi connectivity index (χ1n) is 11.3. The summed E-state index contributed by atoms with van der Waals surface area (Å²) in [6.45, 7) is -0.163. The summed E-state index contributed by atoms with van der Waals surface area (Å²) in [7, 11) is 0. The van der Waals surface area contributed by atoms with Crippen LogP contribution in [0.3, 0.4) is 0 Å². The topological polar surface area (TPSA) is 164 Å². The molecule has 1 aliphatic rings. The predicted octanol–water partition coefficient (Wildman–Crippen LogP) is 1.76. The van der Waals surface area contributed by atoms with Crippen LogP contribution in [0, 0.1) is 5.82 Å². The number of carboxylic acid groups (broad SMARTS) is 1. The van der Waals surface area contributed by atoms with Crippen molar-refractivity contribution in [1.82, 2.24) is 25.2 Å². The van der Waals surface area contributed by atoms with Gasteiger partial charge in [0.2, 0.25) is 0 Å². The maximum Gasteiger partial charge on any atom is 0.336 e. The van der Waals surface area contributed by atoms with Gasteiger partial charge in [-0.1, -0.05) is 24.3 Å². The minimum absolute atomic E-state index is 0.0196. The number of carbonyl (C=O) groups excluding carboxylic acids is 3. The molecule has 0 unspecified atom stereocenters. The van der Waals surface area contributed by atoms with Gasteiger partial charge in [-0.15, -0.1) is 0 Å². The number of nitrogens with one attached hydrogen (secondary N) is 3. The minimum Gasteiger partial charge on any atom is -0.482 e. The average molecular weight is 518 g/mol. The van der Waals surface area contributed by atoms with Gasteiger partial charge in [0.25, 0.3) is 17.7 Å². The molecule has 4 aromatic rings. The number of carbonyl (C=O) groups is 4. The van der Waals surface area contributed by atoms with E-state index in [0.717, 1.165) is 16.8 Å². The molecule has 0 aliphatic carbocycles. The van der Waals surface area contributed by atoms with Crippen molar-refractivity contribution in [2.24, 2.45) is 0 Å². The molecule has 2 aromatic carbocycles. The third-order valence-electron chi connectivity index (χ3n) is 5.71. The van der Waals surface area contributed by atoms with Gasteiger partial charge in [-0.2, -0.15) is 5.10 Å². The van der Waals surface area contributed by atoms with Gasteiger partial charge in [-0.3, -0.25) is 14.4 Å². The molecular formula is C25H19FN6O6. The molecule has 0 fully saturated rings. The average Bonchev–Trinajstić information content (AvgIpc) is 3.30. The van der Waals surface area contributed by atoms with Gasteiger partial charge in [-0.05, 0) is 29.3 Å². The van der Waals surface area contributed by atoms with E-state index in [0.29, 0.717) is 22.6 Å². The summed E-state index contributed by atoms with van der Waals surface area (Å²) in [5.41, 5.74) is 0.753. The summed E-state index contributed by atoms with van der Waals surface area (Å²) < 4.78 is 20.6. The van der Waals surface area contributed by atoms with Crippen molar-refractivity contribution in [2.75, 3.05) is 11.9 Å². The van der Waals surface area contributed by atoms with E-state index in [1.807, 2.05) is 0 Å². The standard InChI is InChI=1S/C25H19FN6O6/c26-16-11-29-32-19(24(35)28-10-14-3-1-2-4-15(14)25(36)37)8-18(31-22(16)32)23(34)27-9-13-5-6-20-17(7-13)30-21(33)12-38-20/h1-8,11H,9-10,12H2,(H,27,34)(H,28,35)(H,30,33)(H,36,37). The van der Waals surface area contributed by atoms with E-state index in [4.69, 9.17) is 4.74 Å². The Labute approximate surface area is 213 Å². The van der Waals surface area contributed by atoms with Crippen molar-refractivity contribution in [3.05, 3.63) is 88.6 Å². The molecule has 5 rings (SSSR count). The number of rotatable bonds is 7. The fourth-order valence-corrected chi connectivity index (χ4v) is 3.88. The second kappa shape index (κ2) is 9.97. The number of aromatic nitrogens is 3. The summed E-state index contributed by atoms with van der Waals surface area (Å²) in [5, 5.41) is 21.1. The van der Waals surface area contributed by atoms with Crippen molar-refractivity contribution in [3.63, 3.8) is 0 Å². The number of anilines is 1.